The molecule has 27 heavy (non-hydrogen) atoms. The highest BCUT2D eigenvalue weighted by Gasteiger charge is 2.22. The molecule has 2 aromatic carbocycles. The van der Waals surface area contributed by atoms with E-state index in [1.54, 1.807) is 43.5 Å². The van der Waals surface area contributed by atoms with E-state index in [0.29, 0.717) is 34.5 Å². The van der Waals surface area contributed by atoms with Crippen LogP contribution in [0.4, 0.5) is 5.69 Å². The van der Waals surface area contributed by atoms with Crippen LogP contribution >= 0.6 is 0 Å². The van der Waals surface area contributed by atoms with Gasteiger partial charge in [0.2, 0.25) is 5.91 Å². The summed E-state index contributed by atoms with van der Waals surface area (Å²) in [5.74, 6) is 0.772. The van der Waals surface area contributed by atoms with Gasteiger partial charge in [-0.25, -0.2) is 4.98 Å². The second kappa shape index (κ2) is 7.90. The van der Waals surface area contributed by atoms with Gasteiger partial charge in [-0.05, 0) is 30.7 Å². The van der Waals surface area contributed by atoms with Gasteiger partial charge in [0.1, 0.15) is 17.5 Å². The van der Waals surface area contributed by atoms with Crippen LogP contribution in [0.15, 0.2) is 53.6 Å². The van der Waals surface area contributed by atoms with Crippen molar-refractivity contribution < 1.29 is 14.3 Å². The minimum atomic E-state index is -0.693. The van der Waals surface area contributed by atoms with Gasteiger partial charge in [0.15, 0.2) is 0 Å². The number of hydrogen-bond acceptors (Lipinski definition) is 5. The zero-order chi connectivity index (χ0) is 19.4. The predicted molar refractivity (Wildman–Crippen MR) is 104 cm³/mol. The number of fused-ring (bicyclic) bond motifs is 1. The summed E-state index contributed by atoms with van der Waals surface area (Å²) in [5.41, 5.74) is 0.860. The number of para-hydroxylation sites is 1. The topological polar surface area (TPSA) is 82.4 Å². The Labute approximate surface area is 156 Å². The van der Waals surface area contributed by atoms with Crippen LogP contribution in [-0.4, -0.2) is 29.7 Å². The summed E-state index contributed by atoms with van der Waals surface area (Å²) in [6.07, 6.45) is 1.86. The highest BCUT2D eigenvalue weighted by Crippen LogP contribution is 2.29. The van der Waals surface area contributed by atoms with Crippen molar-refractivity contribution in [3.63, 3.8) is 0 Å². The molecule has 0 saturated carbocycles. The first-order valence-corrected chi connectivity index (χ1v) is 8.57. The third-order valence-corrected chi connectivity index (χ3v) is 4.38. The lowest BCUT2D eigenvalue weighted by molar-refractivity contribution is -0.119. The smallest absolute Gasteiger partial charge is 0.261 e. The third kappa shape index (κ3) is 3.62. The summed E-state index contributed by atoms with van der Waals surface area (Å²) in [4.78, 5) is 30.0. The number of aromatic nitrogens is 2. The van der Waals surface area contributed by atoms with Crippen LogP contribution in [0, 0.1) is 0 Å². The van der Waals surface area contributed by atoms with E-state index in [1.165, 1.54) is 18.0 Å². The first-order valence-electron chi connectivity index (χ1n) is 8.57. The molecule has 1 amide bonds. The number of nitrogens with one attached hydrogen (secondary N) is 1. The molecule has 3 aromatic rings. The van der Waals surface area contributed by atoms with Crippen LogP contribution in [-0.2, 0) is 4.79 Å². The van der Waals surface area contributed by atoms with Gasteiger partial charge in [-0.1, -0.05) is 19.1 Å². The lowest BCUT2D eigenvalue weighted by atomic mass is 10.1. The van der Waals surface area contributed by atoms with Gasteiger partial charge in [0.25, 0.3) is 5.56 Å². The number of rotatable bonds is 6. The number of methoxy groups -OCH3 is 2. The van der Waals surface area contributed by atoms with E-state index in [0.717, 1.165) is 0 Å². The highest BCUT2D eigenvalue weighted by molar-refractivity contribution is 5.95. The summed E-state index contributed by atoms with van der Waals surface area (Å²) in [7, 11) is 3.07. The molecule has 1 N–H and O–H groups in total. The van der Waals surface area contributed by atoms with Crippen molar-refractivity contribution in [2.45, 2.75) is 19.4 Å². The Kier molecular flexibility index (Phi) is 5.40. The normalized spacial score (nSPS) is 11.8. The van der Waals surface area contributed by atoms with Gasteiger partial charge in [-0.15, -0.1) is 0 Å². The van der Waals surface area contributed by atoms with E-state index in [2.05, 4.69) is 10.3 Å². The SMILES string of the molecule is CCC(C(=O)Nc1ccc(OC)cc1OC)n1cnc2ccccc2c1=O. The summed E-state index contributed by atoms with van der Waals surface area (Å²) >= 11 is 0. The molecule has 0 fully saturated rings. The molecular weight excluding hydrogens is 346 g/mol. The number of anilines is 1. The van der Waals surface area contributed by atoms with Crippen molar-refractivity contribution in [2.75, 3.05) is 19.5 Å². The minimum Gasteiger partial charge on any atom is -0.497 e. The first-order chi connectivity index (χ1) is 13.1. The maximum Gasteiger partial charge on any atom is 0.261 e. The Balaban J connectivity index is 1.94. The van der Waals surface area contributed by atoms with Crippen molar-refractivity contribution in [2.24, 2.45) is 0 Å². The number of amides is 1. The number of carbonyl (C=O) groups is 1. The molecule has 0 bridgehead atoms. The largest absolute Gasteiger partial charge is 0.497 e. The molecule has 0 aliphatic carbocycles. The van der Waals surface area contributed by atoms with Gasteiger partial charge >= 0.3 is 0 Å². The average Bonchev–Trinajstić information content (AvgIpc) is 2.70. The number of ether oxygens (including phenoxy) is 2. The van der Waals surface area contributed by atoms with Crippen molar-refractivity contribution in [1.29, 1.82) is 0 Å². The number of carbonyl (C=O) groups excluding carboxylic acids is 1. The van der Waals surface area contributed by atoms with Crippen LogP contribution in [0.2, 0.25) is 0 Å². The van der Waals surface area contributed by atoms with E-state index in [1.807, 2.05) is 13.0 Å². The fraction of sp³-hybridized carbons (Fsp3) is 0.250. The summed E-state index contributed by atoms with van der Waals surface area (Å²) < 4.78 is 11.8. The van der Waals surface area contributed by atoms with E-state index >= 15 is 0 Å². The second-order valence-corrected chi connectivity index (χ2v) is 5.95. The average molecular weight is 367 g/mol. The van der Waals surface area contributed by atoms with Crippen LogP contribution in [0.3, 0.4) is 0 Å². The molecule has 1 unspecified atom stereocenters. The molecule has 0 aliphatic rings. The molecule has 140 valence electrons. The van der Waals surface area contributed by atoms with E-state index in [9.17, 15) is 9.59 Å². The Morgan fingerprint density at radius 2 is 1.96 bits per heavy atom. The van der Waals surface area contributed by atoms with E-state index in [4.69, 9.17) is 9.47 Å². The summed E-state index contributed by atoms with van der Waals surface area (Å²) in [5, 5.41) is 3.31. The van der Waals surface area contributed by atoms with E-state index < -0.39 is 6.04 Å². The minimum absolute atomic E-state index is 0.246. The predicted octanol–water partition coefficient (Wildman–Crippen LogP) is 3.00. The van der Waals surface area contributed by atoms with Crippen LogP contribution in [0.25, 0.3) is 10.9 Å². The number of benzene rings is 2. The lowest BCUT2D eigenvalue weighted by Gasteiger charge is -2.19. The first kappa shape index (κ1) is 18.4. The van der Waals surface area contributed by atoms with Gasteiger partial charge in [0, 0.05) is 6.07 Å². The Hall–Kier alpha value is -3.35. The zero-order valence-corrected chi connectivity index (χ0v) is 15.4. The second-order valence-electron chi connectivity index (χ2n) is 5.95. The van der Waals surface area contributed by atoms with Crippen LogP contribution in [0.5, 0.6) is 11.5 Å². The fourth-order valence-electron chi connectivity index (χ4n) is 2.93. The van der Waals surface area contributed by atoms with Gasteiger partial charge in [0.05, 0.1) is 37.1 Å². The maximum atomic E-state index is 12.9. The quantitative estimate of drug-likeness (QED) is 0.724. The van der Waals surface area contributed by atoms with Crippen molar-refractivity contribution in [3.8, 4) is 11.5 Å². The molecule has 3 rings (SSSR count). The van der Waals surface area contributed by atoms with E-state index in [-0.39, 0.29) is 11.5 Å². The lowest BCUT2D eigenvalue weighted by Crippen LogP contribution is -2.33. The summed E-state index contributed by atoms with van der Waals surface area (Å²) in [6, 6.07) is 11.5. The Morgan fingerprint density at radius 1 is 1.19 bits per heavy atom. The molecule has 0 aliphatic heterocycles. The standard InChI is InChI=1S/C20H21N3O4/c1-4-17(23-12-21-15-8-6-5-7-14(15)20(23)25)19(24)22-16-10-9-13(26-2)11-18(16)27-3/h5-12,17H,4H2,1-3H3,(H,22,24). The molecule has 1 aromatic heterocycles. The zero-order valence-electron chi connectivity index (χ0n) is 15.4. The fourth-order valence-corrected chi connectivity index (χ4v) is 2.93. The highest BCUT2D eigenvalue weighted by atomic mass is 16.5. The van der Waals surface area contributed by atoms with Crippen LogP contribution < -0.4 is 20.3 Å². The molecular formula is C20H21N3O4. The monoisotopic (exact) mass is 367 g/mol. The molecule has 7 nitrogen and oxygen atoms in total. The van der Waals surface area contributed by atoms with Gasteiger partial charge in [-0.3, -0.25) is 14.2 Å². The number of nitrogens with zero attached hydrogens (tertiary/aromatic N) is 2. The third-order valence-electron chi connectivity index (χ3n) is 4.38. The Morgan fingerprint density at radius 3 is 2.67 bits per heavy atom. The maximum absolute atomic E-state index is 12.9. The molecule has 0 spiro atoms. The summed E-state index contributed by atoms with van der Waals surface area (Å²) in [6.45, 7) is 1.84. The van der Waals surface area contributed by atoms with Crippen molar-refractivity contribution in [1.82, 2.24) is 9.55 Å². The van der Waals surface area contributed by atoms with Gasteiger partial charge in [-0.2, -0.15) is 0 Å². The van der Waals surface area contributed by atoms with Gasteiger partial charge < -0.3 is 14.8 Å². The van der Waals surface area contributed by atoms with Crippen molar-refractivity contribution in [3.05, 3.63) is 59.1 Å². The molecule has 0 radical (unpaired) electrons. The molecule has 7 heteroatoms. The number of hydrogen-bond donors (Lipinski definition) is 1. The Bertz CT molecular complexity index is 1030. The van der Waals surface area contributed by atoms with Crippen LogP contribution in [0.1, 0.15) is 19.4 Å². The van der Waals surface area contributed by atoms with Crippen molar-refractivity contribution >= 4 is 22.5 Å². The molecule has 1 heterocycles. The molecule has 1 atom stereocenters. The molecule has 0 saturated heterocycles.